The van der Waals surface area contributed by atoms with Crippen molar-refractivity contribution < 1.29 is 38.2 Å². The molecule has 1 saturated heterocycles. The van der Waals surface area contributed by atoms with E-state index in [-0.39, 0.29) is 67.6 Å². The van der Waals surface area contributed by atoms with Crippen molar-refractivity contribution in [3.63, 3.8) is 0 Å². The zero-order valence-corrected chi connectivity index (χ0v) is 21.3. The average molecular weight is 482 g/mol. The van der Waals surface area contributed by atoms with Crippen molar-refractivity contribution in [3.05, 3.63) is 0 Å². The van der Waals surface area contributed by atoms with E-state index >= 15 is 0 Å². The summed E-state index contributed by atoms with van der Waals surface area (Å²) in [4.78, 5) is 63.4. The van der Waals surface area contributed by atoms with Crippen LogP contribution in [0.2, 0.25) is 0 Å². The van der Waals surface area contributed by atoms with Crippen LogP contribution < -0.4 is 0 Å². The lowest BCUT2D eigenvalue weighted by molar-refractivity contribution is -0.159. The SMILES string of the molecule is COC(=O)CCO[C@H](CC1CC(=O)N(C(C)(C)CC(=O)OC)C(=O)C1)C1C[C@@H](C)CC(C)C1=O. The number of esters is 2. The molecule has 2 aliphatic rings. The van der Waals surface area contributed by atoms with Gasteiger partial charge in [-0.25, -0.2) is 0 Å². The highest BCUT2D eigenvalue weighted by atomic mass is 16.5. The van der Waals surface area contributed by atoms with Crippen molar-refractivity contribution >= 4 is 29.5 Å². The Morgan fingerprint density at radius 2 is 1.59 bits per heavy atom. The number of hydrogen-bond acceptors (Lipinski definition) is 8. The van der Waals surface area contributed by atoms with Gasteiger partial charge in [-0.1, -0.05) is 13.8 Å². The minimum atomic E-state index is -0.993. The topological polar surface area (TPSA) is 116 Å². The van der Waals surface area contributed by atoms with Crippen LogP contribution in [-0.2, 0) is 38.2 Å². The number of piperidine rings is 1. The molecule has 2 fully saturated rings. The fourth-order valence-corrected chi connectivity index (χ4v) is 5.37. The Kier molecular flexibility index (Phi) is 9.79. The van der Waals surface area contributed by atoms with Gasteiger partial charge in [0.15, 0.2) is 0 Å². The molecule has 1 aliphatic heterocycles. The second kappa shape index (κ2) is 11.9. The van der Waals surface area contributed by atoms with E-state index < -0.39 is 23.6 Å². The summed E-state index contributed by atoms with van der Waals surface area (Å²) in [6.45, 7) is 7.48. The average Bonchev–Trinajstić information content (AvgIpc) is 2.74. The molecule has 0 aromatic carbocycles. The second-order valence-electron chi connectivity index (χ2n) is 10.4. The fraction of sp³-hybridized carbons (Fsp3) is 0.800. The molecule has 0 aromatic rings. The molecule has 9 nitrogen and oxygen atoms in total. The van der Waals surface area contributed by atoms with Crippen LogP contribution in [0.4, 0.5) is 0 Å². The maximum Gasteiger partial charge on any atom is 0.307 e. The Morgan fingerprint density at radius 3 is 2.15 bits per heavy atom. The van der Waals surface area contributed by atoms with E-state index in [0.717, 1.165) is 6.42 Å². The third-order valence-corrected chi connectivity index (χ3v) is 6.98. The van der Waals surface area contributed by atoms with Crippen molar-refractivity contribution in [2.24, 2.45) is 23.7 Å². The third kappa shape index (κ3) is 7.10. The van der Waals surface area contributed by atoms with Crippen molar-refractivity contribution in [2.45, 2.75) is 84.3 Å². The van der Waals surface area contributed by atoms with E-state index in [1.54, 1.807) is 13.8 Å². The lowest BCUT2D eigenvalue weighted by atomic mass is 9.71. The highest BCUT2D eigenvalue weighted by Gasteiger charge is 2.45. The lowest BCUT2D eigenvalue weighted by Crippen LogP contribution is -2.55. The van der Waals surface area contributed by atoms with E-state index in [0.29, 0.717) is 18.8 Å². The van der Waals surface area contributed by atoms with Gasteiger partial charge in [0.1, 0.15) is 5.78 Å². The molecule has 1 aliphatic carbocycles. The Morgan fingerprint density at radius 1 is 1.00 bits per heavy atom. The first-order chi connectivity index (χ1) is 15.9. The number of ether oxygens (including phenoxy) is 3. The number of likely N-dealkylation sites (tertiary alicyclic amines) is 1. The monoisotopic (exact) mass is 481 g/mol. The molecule has 0 bridgehead atoms. The highest BCUT2D eigenvalue weighted by Crippen LogP contribution is 2.38. The van der Waals surface area contributed by atoms with Gasteiger partial charge in [0.05, 0.1) is 45.3 Å². The summed E-state index contributed by atoms with van der Waals surface area (Å²) in [5, 5.41) is 0. The molecule has 4 atom stereocenters. The molecule has 9 heteroatoms. The lowest BCUT2D eigenvalue weighted by Gasteiger charge is -2.42. The summed E-state index contributed by atoms with van der Waals surface area (Å²) in [5.41, 5.74) is -0.993. The van der Waals surface area contributed by atoms with Crippen LogP contribution in [0.15, 0.2) is 0 Å². The number of hydrogen-bond donors (Lipinski definition) is 0. The van der Waals surface area contributed by atoms with Gasteiger partial charge in [-0.2, -0.15) is 0 Å². The number of ketones is 1. The van der Waals surface area contributed by atoms with E-state index in [4.69, 9.17) is 9.47 Å². The molecular weight excluding hydrogens is 442 g/mol. The van der Waals surface area contributed by atoms with Gasteiger partial charge in [-0.15, -0.1) is 0 Å². The van der Waals surface area contributed by atoms with Crippen molar-refractivity contribution in [1.82, 2.24) is 4.90 Å². The first kappa shape index (κ1) is 28.0. The fourth-order valence-electron chi connectivity index (χ4n) is 5.37. The third-order valence-electron chi connectivity index (χ3n) is 6.98. The summed E-state index contributed by atoms with van der Waals surface area (Å²) in [7, 11) is 2.57. The van der Waals surface area contributed by atoms with Gasteiger partial charge in [0.25, 0.3) is 0 Å². The Bertz CT molecular complexity index is 774. The first-order valence-electron chi connectivity index (χ1n) is 12.0. The number of carbonyl (C=O) groups is 5. The molecule has 2 rings (SSSR count). The maximum absolute atomic E-state index is 13.0. The van der Waals surface area contributed by atoms with Crippen molar-refractivity contribution in [3.8, 4) is 0 Å². The van der Waals surface area contributed by atoms with Crippen LogP contribution in [0.5, 0.6) is 0 Å². The molecule has 0 N–H and O–H groups in total. The van der Waals surface area contributed by atoms with Gasteiger partial charge in [-0.05, 0) is 44.9 Å². The number of imide groups is 1. The van der Waals surface area contributed by atoms with Crippen molar-refractivity contribution in [1.29, 1.82) is 0 Å². The van der Waals surface area contributed by atoms with E-state index in [2.05, 4.69) is 11.7 Å². The van der Waals surface area contributed by atoms with Crippen LogP contribution in [0.25, 0.3) is 0 Å². The molecule has 2 unspecified atom stereocenters. The number of nitrogens with zero attached hydrogens (tertiary/aromatic N) is 1. The zero-order valence-electron chi connectivity index (χ0n) is 21.3. The summed E-state index contributed by atoms with van der Waals surface area (Å²) in [5.74, 6) is -1.80. The minimum Gasteiger partial charge on any atom is -0.469 e. The zero-order chi connectivity index (χ0) is 25.6. The Labute approximate surface area is 201 Å². The molecule has 1 heterocycles. The van der Waals surface area contributed by atoms with Crippen LogP contribution in [0.1, 0.15) is 72.6 Å². The number of amides is 2. The molecular formula is C25H39NO8. The predicted octanol–water partition coefficient (Wildman–Crippen LogP) is 2.68. The summed E-state index contributed by atoms with van der Waals surface area (Å²) >= 11 is 0. The molecule has 0 spiro atoms. The molecule has 34 heavy (non-hydrogen) atoms. The van der Waals surface area contributed by atoms with Gasteiger partial charge in [0.2, 0.25) is 11.8 Å². The first-order valence-corrected chi connectivity index (χ1v) is 12.0. The van der Waals surface area contributed by atoms with Crippen LogP contribution >= 0.6 is 0 Å². The molecule has 0 aromatic heterocycles. The normalized spacial score (nSPS) is 25.3. The van der Waals surface area contributed by atoms with Crippen LogP contribution in [0.3, 0.4) is 0 Å². The summed E-state index contributed by atoms with van der Waals surface area (Å²) in [6.07, 6.45) is 1.63. The standard InChI is InChI=1S/C25H39NO8/c1-15-9-16(2)24(31)18(10-15)19(34-8-7-22(29)32-5)11-17-12-20(27)26(21(28)13-17)25(3,4)14-23(30)33-6/h15-19H,7-14H2,1-6H3/t15-,16?,18?,19+/m0/s1. The number of rotatable bonds is 10. The second-order valence-corrected chi connectivity index (χ2v) is 10.4. The van der Waals surface area contributed by atoms with Gasteiger partial charge >= 0.3 is 11.9 Å². The summed E-state index contributed by atoms with van der Waals surface area (Å²) in [6, 6.07) is 0. The van der Waals surface area contributed by atoms with E-state index in [1.165, 1.54) is 19.1 Å². The number of methoxy groups -OCH3 is 2. The van der Waals surface area contributed by atoms with E-state index in [1.807, 2.05) is 6.92 Å². The maximum atomic E-state index is 13.0. The van der Waals surface area contributed by atoms with Gasteiger partial charge in [0, 0.05) is 24.7 Å². The van der Waals surface area contributed by atoms with Crippen LogP contribution in [0, 0.1) is 23.7 Å². The largest absolute Gasteiger partial charge is 0.469 e. The van der Waals surface area contributed by atoms with Gasteiger partial charge < -0.3 is 14.2 Å². The Hall–Kier alpha value is -2.29. The molecule has 192 valence electrons. The van der Waals surface area contributed by atoms with E-state index in [9.17, 15) is 24.0 Å². The molecule has 2 amide bonds. The Balaban J connectivity index is 2.14. The van der Waals surface area contributed by atoms with Crippen molar-refractivity contribution in [2.75, 3.05) is 20.8 Å². The predicted molar refractivity (Wildman–Crippen MR) is 122 cm³/mol. The molecule has 0 radical (unpaired) electrons. The minimum absolute atomic E-state index is 0.0665. The molecule has 1 saturated carbocycles. The summed E-state index contributed by atoms with van der Waals surface area (Å²) < 4.78 is 15.4. The smallest absolute Gasteiger partial charge is 0.307 e. The highest BCUT2D eigenvalue weighted by molar-refractivity contribution is 5.99. The van der Waals surface area contributed by atoms with Crippen LogP contribution in [-0.4, -0.2) is 66.9 Å². The number of carbonyl (C=O) groups excluding carboxylic acids is 5. The quantitative estimate of drug-likeness (QED) is 0.345. The van der Waals surface area contributed by atoms with Gasteiger partial charge in [-0.3, -0.25) is 28.9 Å². The number of Topliss-reactive ketones (excluding diaryl/α,β-unsaturated/α-hetero) is 1.